The zero-order chi connectivity index (χ0) is 2.71. The van der Waals surface area contributed by atoms with Crippen molar-refractivity contribution in [2.24, 2.45) is 0 Å². The average molecular weight is 200 g/mol. The molecule has 0 aliphatic carbocycles. The molecule has 5 heavy (non-hydrogen) atoms. The molecule has 4 heteroatoms. The van der Waals surface area contributed by atoms with Gasteiger partial charge in [-0.3, -0.25) is 0 Å². The molecule has 0 saturated carbocycles. The zero-order valence-corrected chi connectivity index (χ0v) is 7.24. The molecule has 0 aromatic rings. The van der Waals surface area contributed by atoms with Crippen molar-refractivity contribution in [2.45, 2.75) is 0 Å². The number of hydrogen-bond acceptors (Lipinski definition) is 1. The van der Waals surface area contributed by atoms with Gasteiger partial charge >= 0.3 is 27.1 Å². The van der Waals surface area contributed by atoms with E-state index >= 15 is 0 Å². The first-order chi connectivity index (χ1) is 1.41. The summed E-state index contributed by atoms with van der Waals surface area (Å²) in [5.74, 6) is 0. The van der Waals surface area contributed by atoms with E-state index in [-0.39, 0.29) is 19.8 Å². The first-order valence-electron chi connectivity index (χ1n) is 0.381. The first-order valence-corrected chi connectivity index (χ1v) is 1.25. The predicted octanol–water partition coefficient (Wildman–Crippen LogP) is -0.551. The Morgan fingerprint density at radius 2 is 1.40 bits per heavy atom. The van der Waals surface area contributed by atoms with Crippen LogP contribution in [0, 0.1) is 0 Å². The third kappa shape index (κ3) is 42.0. The van der Waals surface area contributed by atoms with Crippen molar-refractivity contribution in [1.29, 1.82) is 0 Å². The van der Waals surface area contributed by atoms with Crippen LogP contribution >= 0.6 is 19.8 Å². The summed E-state index contributed by atoms with van der Waals surface area (Å²) in [5.41, 5.74) is 0. The molecule has 0 spiro atoms. The van der Waals surface area contributed by atoms with E-state index in [1.165, 1.54) is 4.47 Å². The van der Waals surface area contributed by atoms with Gasteiger partial charge in [0, 0.05) is 0 Å². The van der Waals surface area contributed by atoms with E-state index in [1.54, 1.807) is 17.9 Å². The zero-order valence-electron chi connectivity index (χ0n) is 2.68. The Morgan fingerprint density at radius 1 is 1.40 bits per heavy atom. The van der Waals surface area contributed by atoms with Crippen molar-refractivity contribution in [3.8, 4) is 0 Å². The molecule has 0 N–H and O–H groups in total. The largest absolute Gasteiger partial charge is 0.153 e. The van der Waals surface area contributed by atoms with Crippen molar-refractivity contribution >= 4 is 24.3 Å². The van der Waals surface area contributed by atoms with Gasteiger partial charge in [-0.15, -0.1) is 0 Å². The molecule has 0 bridgehead atoms. The van der Waals surface area contributed by atoms with Crippen molar-refractivity contribution in [3.05, 3.63) is 0 Å². The van der Waals surface area contributed by atoms with Gasteiger partial charge in [-0.25, -0.2) is 0 Å². The summed E-state index contributed by atoms with van der Waals surface area (Å²) in [7, 11) is 0. The third-order valence-corrected chi connectivity index (χ3v) is 0. The Hall–Kier alpha value is 1.06. The van der Waals surface area contributed by atoms with Crippen molar-refractivity contribution in [2.75, 3.05) is 0 Å². The minimum Gasteiger partial charge on any atom is -0.153 e. The normalized spacial score (nSPS) is 2.00. The Labute approximate surface area is 47.3 Å². The molecule has 36 valence electrons. The molecule has 0 heterocycles. The summed E-state index contributed by atoms with van der Waals surface area (Å²) in [6.45, 7) is 0. The Morgan fingerprint density at radius 3 is 1.40 bits per heavy atom. The topological polar surface area (TPSA) is 17.1 Å². The first kappa shape index (κ1) is 16.6. The molecule has 0 aliphatic heterocycles. The number of rotatable bonds is 0. The molecular weight excluding hydrogens is 193 g/mol. The van der Waals surface area contributed by atoms with Gasteiger partial charge in [0.15, 0.2) is 0 Å². The maximum atomic E-state index is 8.65. The van der Waals surface area contributed by atoms with Crippen LogP contribution in [0.1, 0.15) is 0 Å². The molecule has 0 amide bonds. The van der Waals surface area contributed by atoms with Crippen molar-refractivity contribution in [1.82, 2.24) is 0 Å². The van der Waals surface area contributed by atoms with E-state index < -0.39 is 0 Å². The van der Waals surface area contributed by atoms with Gasteiger partial charge in [0.2, 0.25) is 0 Å². The molecular formula is CH7OP2Rh. The Kier molecular flexibility index (Phi) is 65.1. The monoisotopic (exact) mass is 200 g/mol. The Bertz CT molecular complexity index is 30.6. The quantitative estimate of drug-likeness (QED) is 0.378. The predicted molar refractivity (Wildman–Crippen MR) is 29.3 cm³/mol. The molecule has 0 saturated heterocycles. The van der Waals surface area contributed by atoms with E-state index in [4.69, 9.17) is 4.79 Å². The van der Waals surface area contributed by atoms with Gasteiger partial charge in [0.1, 0.15) is 0 Å². The number of hydrogen-bond donors (Lipinski definition) is 0. The minimum atomic E-state index is 0. The third-order valence-electron chi connectivity index (χ3n) is 0. The molecule has 0 aromatic carbocycles. The van der Waals surface area contributed by atoms with Gasteiger partial charge in [-0.05, 0) is 0 Å². The fourth-order valence-corrected chi connectivity index (χ4v) is 0. The second-order valence-electron chi connectivity index (χ2n) is 0.0722. The molecule has 0 rings (SSSR count). The number of carbonyl (C=O) groups excluding carboxylic acids is 1. The maximum Gasteiger partial charge on any atom is -0.153 e. The van der Waals surface area contributed by atoms with Gasteiger partial charge in [-0.1, -0.05) is 0 Å². The summed E-state index contributed by atoms with van der Waals surface area (Å²) in [6.07, 6.45) is 0. The van der Waals surface area contributed by atoms with Gasteiger partial charge in [-0.2, -0.15) is 19.8 Å². The molecule has 0 aliphatic rings. The van der Waals surface area contributed by atoms with Crippen LogP contribution in [0.2, 0.25) is 0 Å². The van der Waals surface area contributed by atoms with Crippen LogP contribution in [-0.4, -0.2) is 4.47 Å². The van der Waals surface area contributed by atoms with Crippen LogP contribution in [0.15, 0.2) is 0 Å². The van der Waals surface area contributed by atoms with E-state index in [0.717, 1.165) is 0 Å². The van der Waals surface area contributed by atoms with Crippen LogP contribution in [0.25, 0.3) is 0 Å². The summed E-state index contributed by atoms with van der Waals surface area (Å²) in [4.78, 5) is 8.65. The fourth-order valence-electron chi connectivity index (χ4n) is 0. The average Bonchev–Trinajstić information content (AvgIpc) is 0.918. The molecule has 0 aromatic heterocycles. The standard InChI is InChI=1S/CO.2H3P.Rh.H/c1-2;;;;/h;2*1H3;;. The van der Waals surface area contributed by atoms with Gasteiger partial charge in [0.05, 0.1) is 0 Å². The van der Waals surface area contributed by atoms with E-state index in [9.17, 15) is 0 Å². The van der Waals surface area contributed by atoms with Crippen LogP contribution in [0.5, 0.6) is 0 Å². The molecule has 2 atom stereocenters. The van der Waals surface area contributed by atoms with Crippen LogP contribution in [-0.2, 0) is 22.6 Å². The molecule has 1 nitrogen and oxygen atoms in total. The maximum absolute atomic E-state index is 8.65. The van der Waals surface area contributed by atoms with E-state index in [1.807, 2.05) is 0 Å². The van der Waals surface area contributed by atoms with Gasteiger partial charge in [0.25, 0.3) is 0 Å². The second-order valence-corrected chi connectivity index (χ2v) is 0.427. The summed E-state index contributed by atoms with van der Waals surface area (Å²) in [6, 6.07) is 0. The Balaban J connectivity index is -0.0000000200. The summed E-state index contributed by atoms with van der Waals surface area (Å²) < 4.78 is 1.43. The van der Waals surface area contributed by atoms with Crippen LogP contribution in [0.4, 0.5) is 0 Å². The molecule has 2 unspecified atom stereocenters. The molecule has 0 fully saturated rings. The minimum absolute atomic E-state index is 0. The van der Waals surface area contributed by atoms with Gasteiger partial charge < -0.3 is 0 Å². The summed E-state index contributed by atoms with van der Waals surface area (Å²) in [5, 5.41) is 0. The van der Waals surface area contributed by atoms with E-state index in [2.05, 4.69) is 0 Å². The fraction of sp³-hybridized carbons (Fsp3) is 0. The second kappa shape index (κ2) is 19.6. The van der Waals surface area contributed by atoms with Crippen molar-refractivity contribution in [3.63, 3.8) is 0 Å². The van der Waals surface area contributed by atoms with Crippen LogP contribution < -0.4 is 0 Å². The van der Waals surface area contributed by atoms with Crippen LogP contribution in [0.3, 0.4) is 0 Å². The smallest absolute Gasteiger partial charge is 0.153 e. The SMILES string of the molecule is O=[C]=[RhH].P.P. The molecule has 0 radical (unpaired) electrons. The van der Waals surface area contributed by atoms with Crippen molar-refractivity contribution < 1.29 is 22.6 Å². The summed E-state index contributed by atoms with van der Waals surface area (Å²) >= 11 is 1.70. The van der Waals surface area contributed by atoms with E-state index in [0.29, 0.717) is 0 Å².